The second-order valence-corrected chi connectivity index (χ2v) is 14.0. The number of nitrogens with zero attached hydrogens (tertiary/aromatic N) is 3. The lowest BCUT2D eigenvalue weighted by Gasteiger charge is -2.47. The highest BCUT2D eigenvalue weighted by Crippen LogP contribution is 2.46. The highest BCUT2D eigenvalue weighted by atomic mass is 32.2. The Hall–Kier alpha value is -5.08. The Kier molecular flexibility index (Phi) is 7.76. The number of aryl methyl sites for hydroxylation is 1. The molecule has 3 fully saturated rings. The Morgan fingerprint density at radius 3 is 2.34 bits per heavy atom. The lowest BCUT2D eigenvalue weighted by Crippen LogP contribution is -2.51. The first-order chi connectivity index (χ1) is 22.6. The van der Waals surface area contributed by atoms with E-state index in [1.165, 1.54) is 18.3 Å². The third-order valence-electron chi connectivity index (χ3n) is 9.26. The summed E-state index contributed by atoms with van der Waals surface area (Å²) < 4.78 is 58.7. The van der Waals surface area contributed by atoms with Crippen LogP contribution in [0.5, 0.6) is 0 Å². The lowest BCUT2D eigenvalue weighted by molar-refractivity contribution is -0.148. The van der Waals surface area contributed by atoms with E-state index in [0.29, 0.717) is 6.07 Å². The number of halogens is 2. The number of carbonyl (C=O) groups is 1. The first kappa shape index (κ1) is 30.6. The molecule has 2 N–H and O–H groups in total. The maximum atomic E-state index is 15.5. The van der Waals surface area contributed by atoms with E-state index in [9.17, 15) is 22.7 Å². The van der Waals surface area contributed by atoms with Crippen LogP contribution in [-0.4, -0.2) is 39.5 Å². The molecule has 47 heavy (non-hydrogen) atoms. The molecule has 5 aromatic rings. The van der Waals surface area contributed by atoms with Gasteiger partial charge in [-0.3, -0.25) is 4.79 Å². The summed E-state index contributed by atoms with van der Waals surface area (Å²) in [6.45, 7) is 1.82. The van der Waals surface area contributed by atoms with Gasteiger partial charge in [0.2, 0.25) is 0 Å². The molecule has 2 aromatic heterocycles. The number of carboxylic acid groups (broad SMARTS) is 1. The Labute approximate surface area is 270 Å². The number of aliphatic carboxylic acids is 1. The van der Waals surface area contributed by atoms with Crippen LogP contribution in [0.25, 0.3) is 22.3 Å². The van der Waals surface area contributed by atoms with Gasteiger partial charge in [0, 0.05) is 40.9 Å². The Balaban J connectivity index is 1.40. The molecule has 2 bridgehead atoms. The van der Waals surface area contributed by atoms with Crippen LogP contribution in [0.15, 0.2) is 83.9 Å². The number of aromatic nitrogens is 3. The summed E-state index contributed by atoms with van der Waals surface area (Å²) in [5.41, 5.74) is 1.54. The van der Waals surface area contributed by atoms with Crippen LogP contribution < -0.4 is 5.32 Å². The normalized spacial score (nSPS) is 20.5. The smallest absolute Gasteiger partial charge is 0.308 e. The molecule has 3 saturated carbocycles. The largest absolute Gasteiger partial charge is 0.481 e. The van der Waals surface area contributed by atoms with E-state index in [1.807, 2.05) is 37.3 Å². The predicted octanol–water partition coefficient (Wildman–Crippen LogP) is 6.62. The number of nitrogens with one attached hydrogen (secondary N) is 1. The third-order valence-corrected chi connectivity index (χ3v) is 10.9. The zero-order valence-electron chi connectivity index (χ0n) is 25.3. The quantitative estimate of drug-likeness (QED) is 0.198. The SMILES string of the molecule is Cc1ccc(S(=O)(=O)n2cc(-c3nc(C#Cc4ccccc4)cc(NC4C5CCC(CC5)C4C(=O)O)n3)c3cc(F)cc(F)c32)cc1. The van der Waals surface area contributed by atoms with Gasteiger partial charge in [-0.25, -0.2) is 31.1 Å². The zero-order chi connectivity index (χ0) is 32.9. The van der Waals surface area contributed by atoms with Gasteiger partial charge in [0.1, 0.15) is 22.8 Å². The van der Waals surface area contributed by atoms with Crippen molar-refractivity contribution >= 4 is 32.7 Å². The summed E-state index contributed by atoms with van der Waals surface area (Å²) in [4.78, 5) is 21.6. The van der Waals surface area contributed by atoms with Crippen LogP contribution in [-0.2, 0) is 14.8 Å². The Morgan fingerprint density at radius 2 is 1.64 bits per heavy atom. The molecule has 3 aliphatic rings. The number of benzene rings is 3. The van der Waals surface area contributed by atoms with Crippen molar-refractivity contribution in [2.45, 2.75) is 43.5 Å². The predicted molar refractivity (Wildman–Crippen MR) is 173 cm³/mol. The molecule has 2 heterocycles. The fourth-order valence-electron chi connectivity index (χ4n) is 6.98. The number of fused-ring (bicyclic) bond motifs is 4. The van der Waals surface area contributed by atoms with Gasteiger partial charge in [0.25, 0.3) is 10.0 Å². The minimum Gasteiger partial charge on any atom is -0.481 e. The first-order valence-electron chi connectivity index (χ1n) is 15.4. The summed E-state index contributed by atoms with van der Waals surface area (Å²) >= 11 is 0. The molecule has 8 nitrogen and oxygen atoms in total. The van der Waals surface area contributed by atoms with Crippen molar-refractivity contribution in [2.24, 2.45) is 17.8 Å². The summed E-state index contributed by atoms with van der Waals surface area (Å²) in [6, 6.07) is 18.2. The summed E-state index contributed by atoms with van der Waals surface area (Å²) in [5, 5.41) is 13.5. The van der Waals surface area contributed by atoms with Crippen molar-refractivity contribution < 1.29 is 27.1 Å². The lowest BCUT2D eigenvalue weighted by atomic mass is 9.61. The maximum Gasteiger partial charge on any atom is 0.308 e. The van der Waals surface area contributed by atoms with Crippen LogP contribution in [0, 0.1) is 48.2 Å². The molecule has 0 radical (unpaired) electrons. The molecule has 3 aliphatic carbocycles. The fraction of sp³-hybridized carbons (Fsp3) is 0.250. The second kappa shape index (κ2) is 11.9. The summed E-state index contributed by atoms with van der Waals surface area (Å²) in [7, 11) is -4.33. The molecule has 3 aromatic carbocycles. The minimum absolute atomic E-state index is 0.0203. The monoisotopic (exact) mass is 652 g/mol. The highest BCUT2D eigenvalue weighted by molar-refractivity contribution is 7.90. The first-order valence-corrected chi connectivity index (χ1v) is 16.8. The van der Waals surface area contributed by atoms with Crippen LogP contribution >= 0.6 is 0 Å². The molecule has 8 rings (SSSR count). The second-order valence-electron chi connectivity index (χ2n) is 12.2. The standard InChI is InChI=1S/C36H30F2N4O4S/c1-21-7-15-27(16-8-21)47(45,46)42-20-29(28-17-25(37)18-30(38)34(28)42)35-39-26(14-9-22-5-3-2-4-6-22)19-31(41-35)40-33-24-12-10-23(11-13-24)32(33)36(43)44/h2-8,15-20,23-24,32-33H,10-13H2,1H3,(H,43,44)(H,39,40,41). The van der Waals surface area contributed by atoms with Crippen molar-refractivity contribution in [1.82, 2.24) is 13.9 Å². The van der Waals surface area contributed by atoms with Gasteiger partial charge >= 0.3 is 5.97 Å². The van der Waals surface area contributed by atoms with E-state index < -0.39 is 39.6 Å². The number of carboxylic acids is 1. The highest BCUT2D eigenvalue weighted by Gasteiger charge is 2.47. The van der Waals surface area contributed by atoms with Gasteiger partial charge in [-0.2, -0.15) is 0 Å². The van der Waals surface area contributed by atoms with Crippen molar-refractivity contribution in [3.63, 3.8) is 0 Å². The molecule has 0 aliphatic heterocycles. The van der Waals surface area contributed by atoms with Crippen LogP contribution in [0.1, 0.15) is 42.5 Å². The van der Waals surface area contributed by atoms with E-state index in [1.54, 1.807) is 18.2 Å². The molecular formula is C36H30F2N4O4S. The number of anilines is 1. The number of hydrogen-bond donors (Lipinski definition) is 2. The zero-order valence-corrected chi connectivity index (χ0v) is 26.1. The van der Waals surface area contributed by atoms with Gasteiger partial charge < -0.3 is 10.4 Å². The number of hydrogen-bond acceptors (Lipinski definition) is 6. The van der Waals surface area contributed by atoms with Crippen molar-refractivity contribution in [2.75, 3.05) is 5.32 Å². The maximum absolute atomic E-state index is 15.5. The molecule has 2 atom stereocenters. The van der Waals surface area contributed by atoms with Gasteiger partial charge in [0.15, 0.2) is 11.6 Å². The molecule has 2 unspecified atom stereocenters. The van der Waals surface area contributed by atoms with Crippen molar-refractivity contribution in [3.05, 3.63) is 107 Å². The van der Waals surface area contributed by atoms with Crippen LogP contribution in [0.3, 0.4) is 0 Å². The van der Waals surface area contributed by atoms with E-state index >= 15 is 4.39 Å². The topological polar surface area (TPSA) is 114 Å². The number of rotatable bonds is 6. The molecular weight excluding hydrogens is 622 g/mol. The molecule has 0 saturated heterocycles. The van der Waals surface area contributed by atoms with E-state index in [-0.39, 0.29) is 50.5 Å². The van der Waals surface area contributed by atoms with Crippen molar-refractivity contribution in [3.8, 4) is 23.2 Å². The van der Waals surface area contributed by atoms with Gasteiger partial charge in [-0.15, -0.1) is 0 Å². The molecule has 0 amide bonds. The van der Waals surface area contributed by atoms with E-state index in [0.717, 1.165) is 46.8 Å². The van der Waals surface area contributed by atoms with E-state index in [2.05, 4.69) is 27.1 Å². The van der Waals surface area contributed by atoms with E-state index in [4.69, 9.17) is 0 Å². The third kappa shape index (κ3) is 5.74. The molecule has 238 valence electrons. The van der Waals surface area contributed by atoms with Crippen molar-refractivity contribution in [1.29, 1.82) is 0 Å². The van der Waals surface area contributed by atoms with Gasteiger partial charge in [-0.1, -0.05) is 41.8 Å². The van der Waals surface area contributed by atoms with Crippen LogP contribution in [0.2, 0.25) is 0 Å². The molecule has 11 heteroatoms. The summed E-state index contributed by atoms with van der Waals surface area (Å²) in [6.07, 6.45) is 4.70. The Morgan fingerprint density at radius 1 is 0.936 bits per heavy atom. The summed E-state index contributed by atoms with van der Waals surface area (Å²) in [5.74, 6) is 3.07. The Bertz CT molecular complexity index is 2180. The molecule has 0 spiro atoms. The fourth-order valence-corrected chi connectivity index (χ4v) is 8.36. The average Bonchev–Trinajstić information content (AvgIpc) is 3.45. The average molecular weight is 653 g/mol. The van der Waals surface area contributed by atoms with Crippen LogP contribution in [0.4, 0.5) is 14.6 Å². The minimum atomic E-state index is -4.33. The van der Waals surface area contributed by atoms with Gasteiger partial charge in [0.05, 0.1) is 10.8 Å². The van der Waals surface area contributed by atoms with Gasteiger partial charge in [-0.05, 0) is 80.7 Å².